The Bertz CT molecular complexity index is 681. The molecule has 0 heterocycles. The van der Waals surface area contributed by atoms with Gasteiger partial charge in [0.05, 0.1) is 26.3 Å². The van der Waals surface area contributed by atoms with Crippen LogP contribution in [0.15, 0.2) is 59.6 Å². The zero-order valence-corrected chi connectivity index (χ0v) is 18.8. The van der Waals surface area contributed by atoms with E-state index >= 15 is 0 Å². The van der Waals surface area contributed by atoms with Crippen molar-refractivity contribution in [3.63, 3.8) is 0 Å². The number of guanidine groups is 1. The monoisotopic (exact) mass is 499 g/mol. The predicted molar refractivity (Wildman–Crippen MR) is 124 cm³/mol. The zero-order chi connectivity index (χ0) is 19.3. The van der Waals surface area contributed by atoms with Crippen molar-refractivity contribution in [2.45, 2.75) is 19.4 Å². The number of hydrogen-bond donors (Lipinski definition) is 3. The molecule has 1 unspecified atom stereocenters. The first-order valence-electron chi connectivity index (χ1n) is 9.22. The number of aliphatic imine (C=N–C) groups is 1. The van der Waals surface area contributed by atoms with Crippen molar-refractivity contribution in [1.29, 1.82) is 0 Å². The van der Waals surface area contributed by atoms with Crippen LogP contribution >= 0.6 is 24.0 Å². The lowest BCUT2D eigenvalue weighted by Crippen LogP contribution is -2.40. The molecule has 154 valence electrons. The summed E-state index contributed by atoms with van der Waals surface area (Å²) in [6, 6.07) is 17.4. The maximum absolute atomic E-state index is 10.2. The number of hydrogen-bond acceptors (Lipinski definition) is 4. The molecule has 0 aliphatic rings. The molecule has 0 aliphatic carbocycles. The van der Waals surface area contributed by atoms with E-state index in [0.29, 0.717) is 32.1 Å². The molecule has 0 aliphatic heterocycles. The van der Waals surface area contributed by atoms with Crippen molar-refractivity contribution in [3.05, 3.63) is 60.2 Å². The van der Waals surface area contributed by atoms with Crippen molar-refractivity contribution >= 4 is 29.9 Å². The summed E-state index contributed by atoms with van der Waals surface area (Å²) in [5.41, 5.74) is 1.10. The van der Waals surface area contributed by atoms with E-state index in [2.05, 4.69) is 15.6 Å². The number of benzene rings is 2. The molecule has 28 heavy (non-hydrogen) atoms. The number of ether oxygens (including phenoxy) is 2. The number of aliphatic hydroxyl groups is 1. The molecule has 0 radical (unpaired) electrons. The average Bonchev–Trinajstić information content (AvgIpc) is 2.70. The first kappa shape index (κ1) is 24.0. The summed E-state index contributed by atoms with van der Waals surface area (Å²) < 4.78 is 10.8. The Balaban J connectivity index is 0.00000392. The average molecular weight is 499 g/mol. The fourth-order valence-electron chi connectivity index (χ4n) is 2.50. The Morgan fingerprint density at radius 1 is 1.04 bits per heavy atom. The van der Waals surface area contributed by atoms with Gasteiger partial charge in [-0.3, -0.25) is 4.99 Å². The van der Waals surface area contributed by atoms with Gasteiger partial charge in [-0.2, -0.15) is 0 Å². The van der Waals surface area contributed by atoms with Crippen LogP contribution in [0.25, 0.3) is 0 Å². The molecule has 6 nitrogen and oxygen atoms in total. The van der Waals surface area contributed by atoms with Crippen LogP contribution in [0.5, 0.6) is 11.5 Å². The van der Waals surface area contributed by atoms with Crippen molar-refractivity contribution in [1.82, 2.24) is 10.6 Å². The van der Waals surface area contributed by atoms with Crippen molar-refractivity contribution in [3.8, 4) is 11.5 Å². The van der Waals surface area contributed by atoms with Crippen molar-refractivity contribution in [2.24, 2.45) is 4.99 Å². The van der Waals surface area contributed by atoms with E-state index < -0.39 is 6.10 Å². The van der Waals surface area contributed by atoms with Gasteiger partial charge in [0, 0.05) is 13.0 Å². The van der Waals surface area contributed by atoms with E-state index in [4.69, 9.17) is 9.47 Å². The molecule has 0 amide bonds. The molecule has 3 N–H and O–H groups in total. The van der Waals surface area contributed by atoms with Gasteiger partial charge in [0.1, 0.15) is 18.1 Å². The molecule has 2 rings (SSSR count). The van der Waals surface area contributed by atoms with Crippen molar-refractivity contribution < 1.29 is 14.6 Å². The zero-order valence-electron chi connectivity index (χ0n) is 16.4. The Labute approximate surface area is 184 Å². The highest BCUT2D eigenvalue weighted by molar-refractivity contribution is 14.0. The first-order chi connectivity index (χ1) is 13.2. The molecule has 0 bridgehead atoms. The summed E-state index contributed by atoms with van der Waals surface area (Å²) in [6.45, 7) is 4.20. The van der Waals surface area contributed by atoms with Gasteiger partial charge in [-0.1, -0.05) is 30.3 Å². The summed E-state index contributed by atoms with van der Waals surface area (Å²) in [4.78, 5) is 4.45. The second-order valence-corrected chi connectivity index (χ2v) is 6.01. The van der Waals surface area contributed by atoms with Gasteiger partial charge in [0.15, 0.2) is 5.96 Å². The van der Waals surface area contributed by atoms with Crippen LogP contribution in [0.4, 0.5) is 0 Å². The molecular formula is C21H30IN3O3. The molecule has 7 heteroatoms. The minimum Gasteiger partial charge on any atom is -0.497 e. The largest absolute Gasteiger partial charge is 0.497 e. The Kier molecular flexibility index (Phi) is 12.1. The summed E-state index contributed by atoms with van der Waals surface area (Å²) in [7, 11) is 1.64. The predicted octanol–water partition coefficient (Wildman–Crippen LogP) is 2.85. The topological polar surface area (TPSA) is 75.1 Å². The van der Waals surface area contributed by atoms with Crippen LogP contribution < -0.4 is 20.1 Å². The second kappa shape index (κ2) is 14.1. The fraction of sp³-hybridized carbons (Fsp3) is 0.381. The van der Waals surface area contributed by atoms with Gasteiger partial charge in [0.2, 0.25) is 0 Å². The van der Waals surface area contributed by atoms with Gasteiger partial charge in [-0.05, 0) is 36.8 Å². The molecule has 2 aromatic carbocycles. The quantitative estimate of drug-likeness (QED) is 0.203. The molecule has 1 atom stereocenters. The number of nitrogens with zero attached hydrogens (tertiary/aromatic N) is 1. The van der Waals surface area contributed by atoms with Gasteiger partial charge in [-0.15, -0.1) is 24.0 Å². The molecule has 0 saturated heterocycles. The number of rotatable bonds is 10. The maximum atomic E-state index is 10.2. The third-order valence-electron chi connectivity index (χ3n) is 3.84. The van der Waals surface area contributed by atoms with E-state index in [9.17, 15) is 5.11 Å². The summed E-state index contributed by atoms with van der Waals surface area (Å²) in [5.74, 6) is 2.26. The molecule has 0 fully saturated rings. The lowest BCUT2D eigenvalue weighted by atomic mass is 10.1. The SMILES string of the molecule is CCNC(=NCC(O)Cc1ccccc1)NCCOc1ccc(OC)cc1.I. The third kappa shape index (κ3) is 9.27. The van der Waals surface area contributed by atoms with Crippen LogP contribution in [0.1, 0.15) is 12.5 Å². The van der Waals surface area contributed by atoms with Crippen LogP contribution in [0, 0.1) is 0 Å². The molecule has 0 spiro atoms. The Hall–Kier alpha value is -2.00. The standard InChI is InChI=1S/C21H29N3O3.HI/c1-3-22-21(24-16-18(25)15-17-7-5-4-6-8-17)23-13-14-27-20-11-9-19(26-2)10-12-20;/h4-12,18,25H,3,13-16H2,1-2H3,(H2,22,23,24);1H. The van der Waals surface area contributed by atoms with E-state index in [0.717, 1.165) is 23.6 Å². The lowest BCUT2D eigenvalue weighted by molar-refractivity contribution is 0.183. The van der Waals surface area contributed by atoms with Crippen molar-refractivity contribution in [2.75, 3.05) is 33.4 Å². The van der Waals surface area contributed by atoms with Crippen LogP contribution in [-0.4, -0.2) is 50.5 Å². The minimum atomic E-state index is -0.515. The van der Waals surface area contributed by atoms with Gasteiger partial charge < -0.3 is 25.2 Å². The van der Waals surface area contributed by atoms with E-state index in [1.54, 1.807) is 7.11 Å². The highest BCUT2D eigenvalue weighted by Gasteiger charge is 2.06. The molecule has 0 saturated carbocycles. The van der Waals surface area contributed by atoms with Crippen LogP contribution in [-0.2, 0) is 6.42 Å². The summed E-state index contributed by atoms with van der Waals surface area (Å²) in [6.07, 6.45) is 0.0723. The van der Waals surface area contributed by atoms with E-state index in [1.165, 1.54) is 0 Å². The first-order valence-corrected chi connectivity index (χ1v) is 9.22. The smallest absolute Gasteiger partial charge is 0.191 e. The van der Waals surface area contributed by atoms with Crippen LogP contribution in [0.3, 0.4) is 0 Å². The number of aliphatic hydroxyl groups excluding tert-OH is 1. The third-order valence-corrected chi connectivity index (χ3v) is 3.84. The van der Waals surface area contributed by atoms with Gasteiger partial charge in [0.25, 0.3) is 0 Å². The minimum absolute atomic E-state index is 0. The van der Waals surface area contributed by atoms with Gasteiger partial charge >= 0.3 is 0 Å². The van der Waals surface area contributed by atoms with E-state index in [1.807, 2.05) is 61.5 Å². The summed E-state index contributed by atoms with van der Waals surface area (Å²) >= 11 is 0. The lowest BCUT2D eigenvalue weighted by Gasteiger charge is -2.14. The number of halogens is 1. The summed E-state index contributed by atoms with van der Waals surface area (Å²) in [5, 5.41) is 16.6. The molecule has 2 aromatic rings. The normalized spacial score (nSPS) is 11.9. The maximum Gasteiger partial charge on any atom is 0.191 e. The van der Waals surface area contributed by atoms with Gasteiger partial charge in [-0.25, -0.2) is 0 Å². The Morgan fingerprint density at radius 2 is 1.71 bits per heavy atom. The van der Waals surface area contributed by atoms with Crippen LogP contribution in [0.2, 0.25) is 0 Å². The highest BCUT2D eigenvalue weighted by atomic mass is 127. The highest BCUT2D eigenvalue weighted by Crippen LogP contribution is 2.16. The fourth-order valence-corrected chi connectivity index (χ4v) is 2.50. The molecule has 0 aromatic heterocycles. The molecular weight excluding hydrogens is 469 g/mol. The Morgan fingerprint density at radius 3 is 2.36 bits per heavy atom. The second-order valence-electron chi connectivity index (χ2n) is 6.01. The van der Waals surface area contributed by atoms with E-state index in [-0.39, 0.29) is 24.0 Å². The number of methoxy groups -OCH3 is 1. The number of nitrogens with one attached hydrogen (secondary N) is 2.